The molecule has 2 aromatic heterocycles. The number of aryl methyl sites for hydroxylation is 4. The molecule has 1 amide bonds. The molecular weight excluding hydrogens is 430 g/mol. The quantitative estimate of drug-likeness (QED) is 0.518. The predicted octanol–water partition coefficient (Wildman–Crippen LogP) is 3.90. The Bertz CT molecular complexity index is 1270. The lowest BCUT2D eigenvalue weighted by atomic mass is 9.93. The number of aliphatic carboxylic acids is 1. The molecule has 3 aromatic rings. The molecule has 0 saturated heterocycles. The van der Waals surface area contributed by atoms with Gasteiger partial charge in [-0.05, 0) is 57.4 Å². The van der Waals surface area contributed by atoms with Gasteiger partial charge in [-0.15, -0.1) is 0 Å². The van der Waals surface area contributed by atoms with Gasteiger partial charge in [0.05, 0.1) is 0 Å². The highest BCUT2D eigenvalue weighted by Crippen LogP contribution is 2.37. The lowest BCUT2D eigenvalue weighted by Gasteiger charge is -2.14. The third-order valence-electron chi connectivity index (χ3n) is 6.29. The number of carbonyl (C=O) groups excluding carboxylic acids is 1. The van der Waals surface area contributed by atoms with Gasteiger partial charge in [-0.1, -0.05) is 0 Å². The number of carboxylic acid groups (broad SMARTS) is 1. The normalized spacial score (nSPS) is 14.5. The zero-order valence-electron chi connectivity index (χ0n) is 18.5. The molecule has 0 aliphatic heterocycles. The van der Waals surface area contributed by atoms with Crippen LogP contribution in [0.25, 0.3) is 21.9 Å². The van der Waals surface area contributed by atoms with Crippen LogP contribution in [0.4, 0.5) is 0 Å². The number of hydrogen-bond donors (Lipinski definition) is 2. The van der Waals surface area contributed by atoms with E-state index in [-0.39, 0.29) is 18.6 Å². The molecule has 1 unspecified atom stereocenters. The minimum absolute atomic E-state index is 0.0115. The van der Waals surface area contributed by atoms with Gasteiger partial charge in [0, 0.05) is 46.1 Å². The average Bonchev–Trinajstić information content (AvgIpc) is 3.13. The van der Waals surface area contributed by atoms with E-state index in [0.717, 1.165) is 58.9 Å². The Balaban J connectivity index is 1.67. The number of furan rings is 1. The molecule has 0 radical (unpaired) electrons. The summed E-state index contributed by atoms with van der Waals surface area (Å²) in [6, 6.07) is 1.10. The molecule has 0 saturated carbocycles. The average molecular weight is 458 g/mol. The summed E-state index contributed by atoms with van der Waals surface area (Å²) >= 11 is 1.35. The summed E-state index contributed by atoms with van der Waals surface area (Å²) in [5.41, 5.74) is 4.13. The molecule has 0 bridgehead atoms. The van der Waals surface area contributed by atoms with Gasteiger partial charge in [0.1, 0.15) is 23.0 Å². The maximum atomic E-state index is 12.8. The van der Waals surface area contributed by atoms with E-state index in [1.54, 1.807) is 6.26 Å². The predicted molar refractivity (Wildman–Crippen MR) is 125 cm³/mol. The third-order valence-corrected chi connectivity index (χ3v) is 6.96. The summed E-state index contributed by atoms with van der Waals surface area (Å²) in [5.74, 6) is -0.166. The van der Waals surface area contributed by atoms with E-state index in [9.17, 15) is 19.5 Å². The van der Waals surface area contributed by atoms with E-state index in [0.29, 0.717) is 11.1 Å². The summed E-state index contributed by atoms with van der Waals surface area (Å²) in [6.07, 6.45) is 6.14. The van der Waals surface area contributed by atoms with Crippen LogP contribution in [0.3, 0.4) is 0 Å². The number of hydrogen-bond acceptors (Lipinski definition) is 6. The Labute approximate surface area is 189 Å². The molecule has 1 aliphatic carbocycles. The Morgan fingerprint density at radius 2 is 1.84 bits per heavy atom. The van der Waals surface area contributed by atoms with Gasteiger partial charge in [-0.3, -0.25) is 4.79 Å². The van der Waals surface area contributed by atoms with Gasteiger partial charge in [0.2, 0.25) is 5.91 Å². The van der Waals surface area contributed by atoms with Crippen LogP contribution < -0.4 is 10.9 Å². The third kappa shape index (κ3) is 4.03. The fourth-order valence-electron chi connectivity index (χ4n) is 4.55. The van der Waals surface area contributed by atoms with Crippen molar-refractivity contribution in [1.82, 2.24) is 5.32 Å². The van der Waals surface area contributed by atoms with Crippen molar-refractivity contribution in [3.8, 4) is 0 Å². The van der Waals surface area contributed by atoms with Crippen LogP contribution in [0.1, 0.15) is 47.3 Å². The molecule has 0 spiro atoms. The van der Waals surface area contributed by atoms with Crippen LogP contribution in [-0.2, 0) is 28.9 Å². The van der Waals surface area contributed by atoms with Gasteiger partial charge in [0.15, 0.2) is 0 Å². The topological polar surface area (TPSA) is 110 Å². The minimum Gasteiger partial charge on any atom is -0.480 e. The second-order valence-corrected chi connectivity index (χ2v) is 9.28. The van der Waals surface area contributed by atoms with Crippen LogP contribution in [0.2, 0.25) is 0 Å². The maximum Gasteiger partial charge on any atom is 0.339 e. The van der Waals surface area contributed by atoms with E-state index in [4.69, 9.17) is 8.83 Å². The van der Waals surface area contributed by atoms with Crippen molar-refractivity contribution < 1.29 is 23.5 Å². The fraction of sp³-hybridized carbons (Fsp3) is 0.458. The van der Waals surface area contributed by atoms with Crippen LogP contribution in [0.15, 0.2) is 19.7 Å². The molecule has 2 N–H and O–H groups in total. The smallest absolute Gasteiger partial charge is 0.339 e. The maximum absolute atomic E-state index is 12.8. The molecule has 0 fully saturated rings. The SMILES string of the molecule is CSCC(NC(=O)CCc1c(C)c2cc3c4c(oc3c(C)c2oc1=O)CCCC4)C(=O)O. The molecule has 8 heteroatoms. The van der Waals surface area contributed by atoms with Crippen molar-refractivity contribution >= 4 is 45.6 Å². The standard InChI is InChI=1S/C24H27NO6S/c1-12-14(8-9-20(26)25-18(11-32-3)23(27)28)24(29)31-21-13(2)22-17(10-16(12)21)15-6-4-5-7-19(15)30-22/h10,18H,4-9,11H2,1-3H3,(H,25,26)(H,27,28). The molecule has 32 heavy (non-hydrogen) atoms. The minimum atomic E-state index is -1.07. The number of carbonyl (C=O) groups is 2. The van der Waals surface area contributed by atoms with Gasteiger partial charge in [-0.2, -0.15) is 11.8 Å². The van der Waals surface area contributed by atoms with Crippen molar-refractivity contribution in [3.05, 3.63) is 44.5 Å². The van der Waals surface area contributed by atoms with Gasteiger partial charge >= 0.3 is 11.6 Å². The highest BCUT2D eigenvalue weighted by atomic mass is 32.2. The number of benzene rings is 1. The zero-order chi connectivity index (χ0) is 23.0. The second kappa shape index (κ2) is 9.02. The molecular formula is C24H27NO6S. The first kappa shape index (κ1) is 22.5. The van der Waals surface area contributed by atoms with Crippen LogP contribution >= 0.6 is 11.8 Å². The first-order valence-corrected chi connectivity index (χ1v) is 12.2. The van der Waals surface area contributed by atoms with Crippen LogP contribution in [0, 0.1) is 13.8 Å². The molecule has 4 rings (SSSR count). The van der Waals surface area contributed by atoms with Gasteiger partial charge in [0.25, 0.3) is 0 Å². The number of thioether (sulfide) groups is 1. The number of carboxylic acids is 1. The number of rotatable bonds is 7. The Hall–Kier alpha value is -2.74. The highest BCUT2D eigenvalue weighted by molar-refractivity contribution is 7.98. The van der Waals surface area contributed by atoms with E-state index in [2.05, 4.69) is 5.32 Å². The molecule has 1 atom stereocenters. The molecule has 170 valence electrons. The van der Waals surface area contributed by atoms with Crippen molar-refractivity contribution in [2.24, 2.45) is 0 Å². The molecule has 2 heterocycles. The van der Waals surface area contributed by atoms with Crippen molar-refractivity contribution in [3.63, 3.8) is 0 Å². The Kier molecular flexibility index (Phi) is 6.33. The number of nitrogens with one attached hydrogen (secondary N) is 1. The first-order chi connectivity index (χ1) is 15.3. The Morgan fingerprint density at radius 1 is 1.12 bits per heavy atom. The highest BCUT2D eigenvalue weighted by Gasteiger charge is 2.24. The van der Waals surface area contributed by atoms with E-state index in [1.807, 2.05) is 19.9 Å². The fourth-order valence-corrected chi connectivity index (χ4v) is 5.11. The van der Waals surface area contributed by atoms with Crippen LogP contribution in [0.5, 0.6) is 0 Å². The summed E-state index contributed by atoms with van der Waals surface area (Å²) in [5, 5.41) is 13.7. The summed E-state index contributed by atoms with van der Waals surface area (Å²) < 4.78 is 11.8. The lowest BCUT2D eigenvalue weighted by molar-refractivity contribution is -0.141. The zero-order valence-corrected chi connectivity index (χ0v) is 19.3. The molecule has 1 aliphatic rings. The summed E-state index contributed by atoms with van der Waals surface area (Å²) in [7, 11) is 0. The van der Waals surface area contributed by atoms with Gasteiger partial charge in [-0.25, -0.2) is 9.59 Å². The van der Waals surface area contributed by atoms with Crippen molar-refractivity contribution in [2.75, 3.05) is 12.0 Å². The van der Waals surface area contributed by atoms with Gasteiger partial charge < -0.3 is 19.3 Å². The monoisotopic (exact) mass is 457 g/mol. The summed E-state index contributed by atoms with van der Waals surface area (Å²) in [4.78, 5) is 36.3. The second-order valence-electron chi connectivity index (χ2n) is 8.37. The van der Waals surface area contributed by atoms with Crippen molar-refractivity contribution in [2.45, 2.75) is 58.4 Å². The number of fused-ring (bicyclic) bond motifs is 4. The van der Waals surface area contributed by atoms with Crippen LogP contribution in [-0.4, -0.2) is 35.0 Å². The van der Waals surface area contributed by atoms with Crippen molar-refractivity contribution in [1.29, 1.82) is 0 Å². The molecule has 1 aromatic carbocycles. The largest absolute Gasteiger partial charge is 0.480 e. The molecule has 7 nitrogen and oxygen atoms in total. The van der Waals surface area contributed by atoms with E-state index >= 15 is 0 Å². The first-order valence-electron chi connectivity index (χ1n) is 10.8. The summed E-state index contributed by atoms with van der Waals surface area (Å²) in [6.45, 7) is 3.78. The number of amides is 1. The van der Waals surface area contributed by atoms with E-state index in [1.165, 1.54) is 17.3 Å². The van der Waals surface area contributed by atoms with E-state index < -0.39 is 23.5 Å². The Morgan fingerprint density at radius 3 is 2.56 bits per heavy atom. The lowest BCUT2D eigenvalue weighted by Crippen LogP contribution is -2.42.